The van der Waals surface area contributed by atoms with E-state index in [1.165, 1.54) is 6.42 Å². The number of benzene rings is 2. The van der Waals surface area contributed by atoms with Crippen LogP contribution in [-0.4, -0.2) is 28.9 Å². The first-order chi connectivity index (χ1) is 12.2. The smallest absolute Gasteiger partial charge is 0.254 e. The number of likely N-dealkylation sites (tertiary alicyclic amines) is 1. The van der Waals surface area contributed by atoms with Crippen LogP contribution in [0.4, 0.5) is 0 Å². The summed E-state index contributed by atoms with van der Waals surface area (Å²) in [5, 5.41) is 0.936. The second-order valence-corrected chi connectivity index (χ2v) is 6.94. The molecule has 0 spiro atoms. The van der Waals surface area contributed by atoms with Gasteiger partial charge in [0.2, 0.25) is 0 Å². The molecule has 3 aromatic rings. The summed E-state index contributed by atoms with van der Waals surface area (Å²) in [4.78, 5) is 20.0. The number of carbonyl (C=O) groups excluding carboxylic acids is 1. The third-order valence-corrected chi connectivity index (χ3v) is 4.96. The Kier molecular flexibility index (Phi) is 4.22. The Morgan fingerprint density at radius 3 is 2.64 bits per heavy atom. The van der Waals surface area contributed by atoms with Crippen LogP contribution in [0.15, 0.2) is 60.7 Å². The number of piperidine rings is 1. The van der Waals surface area contributed by atoms with Crippen LogP contribution in [0.25, 0.3) is 22.2 Å². The molecule has 2 heterocycles. The van der Waals surface area contributed by atoms with Crippen molar-refractivity contribution in [3.8, 4) is 11.3 Å². The molecule has 3 heteroatoms. The van der Waals surface area contributed by atoms with Gasteiger partial charge in [0.15, 0.2) is 0 Å². The minimum atomic E-state index is 0.127. The normalized spacial score (nSPS) is 17.6. The number of para-hydroxylation sites is 1. The molecule has 25 heavy (non-hydrogen) atoms. The largest absolute Gasteiger partial charge is 0.338 e. The summed E-state index contributed by atoms with van der Waals surface area (Å²) in [5.41, 5.74) is 3.53. The highest BCUT2D eigenvalue weighted by atomic mass is 16.2. The topological polar surface area (TPSA) is 33.2 Å². The van der Waals surface area contributed by atoms with Crippen LogP contribution >= 0.6 is 0 Å². The van der Waals surface area contributed by atoms with Crippen molar-refractivity contribution in [2.45, 2.75) is 19.8 Å². The van der Waals surface area contributed by atoms with Crippen molar-refractivity contribution in [2.75, 3.05) is 13.1 Å². The van der Waals surface area contributed by atoms with Gasteiger partial charge in [0.05, 0.1) is 16.8 Å². The second-order valence-electron chi connectivity index (χ2n) is 6.94. The van der Waals surface area contributed by atoms with Crippen LogP contribution in [0.3, 0.4) is 0 Å². The summed E-state index contributed by atoms with van der Waals surface area (Å²) in [7, 11) is 0. The van der Waals surface area contributed by atoms with Gasteiger partial charge in [-0.1, -0.05) is 55.5 Å². The van der Waals surface area contributed by atoms with Crippen molar-refractivity contribution < 1.29 is 4.79 Å². The zero-order chi connectivity index (χ0) is 17.2. The molecule has 1 amide bonds. The zero-order valence-corrected chi connectivity index (χ0v) is 14.5. The number of hydrogen-bond donors (Lipinski definition) is 0. The van der Waals surface area contributed by atoms with Crippen molar-refractivity contribution in [3.05, 3.63) is 66.2 Å². The fraction of sp³-hybridized carbons (Fsp3) is 0.273. The number of nitrogens with zero attached hydrogens (tertiary/aromatic N) is 2. The molecule has 0 unspecified atom stereocenters. The third kappa shape index (κ3) is 3.14. The number of amides is 1. The Morgan fingerprint density at radius 1 is 1.08 bits per heavy atom. The van der Waals surface area contributed by atoms with E-state index in [1.54, 1.807) is 0 Å². The van der Waals surface area contributed by atoms with Crippen molar-refractivity contribution in [1.29, 1.82) is 0 Å². The third-order valence-electron chi connectivity index (χ3n) is 4.96. The van der Waals surface area contributed by atoms with Crippen molar-refractivity contribution in [3.63, 3.8) is 0 Å². The van der Waals surface area contributed by atoms with Crippen LogP contribution < -0.4 is 0 Å². The molecule has 1 aromatic heterocycles. The molecule has 1 saturated heterocycles. The van der Waals surface area contributed by atoms with Crippen LogP contribution in [0.2, 0.25) is 0 Å². The Morgan fingerprint density at radius 2 is 1.84 bits per heavy atom. The molecule has 0 aliphatic carbocycles. The highest BCUT2D eigenvalue weighted by Gasteiger charge is 2.24. The van der Waals surface area contributed by atoms with Gasteiger partial charge < -0.3 is 4.90 Å². The molecule has 2 aromatic carbocycles. The predicted molar refractivity (Wildman–Crippen MR) is 101 cm³/mol. The van der Waals surface area contributed by atoms with Gasteiger partial charge in [-0.2, -0.15) is 0 Å². The van der Waals surface area contributed by atoms with E-state index < -0.39 is 0 Å². The summed E-state index contributed by atoms with van der Waals surface area (Å²) < 4.78 is 0. The van der Waals surface area contributed by atoms with Gasteiger partial charge in [-0.15, -0.1) is 0 Å². The first-order valence-corrected chi connectivity index (χ1v) is 8.97. The highest BCUT2D eigenvalue weighted by molar-refractivity contribution is 6.07. The first kappa shape index (κ1) is 15.8. The molecule has 0 N–H and O–H groups in total. The Balaban J connectivity index is 1.82. The van der Waals surface area contributed by atoms with Gasteiger partial charge in [-0.05, 0) is 30.9 Å². The van der Waals surface area contributed by atoms with Crippen LogP contribution in [-0.2, 0) is 0 Å². The van der Waals surface area contributed by atoms with Crippen LogP contribution in [0, 0.1) is 5.92 Å². The van der Waals surface area contributed by atoms with E-state index >= 15 is 0 Å². The van der Waals surface area contributed by atoms with Crippen molar-refractivity contribution in [2.24, 2.45) is 5.92 Å². The average Bonchev–Trinajstić information content (AvgIpc) is 2.67. The lowest BCUT2D eigenvalue weighted by Crippen LogP contribution is -2.39. The van der Waals surface area contributed by atoms with Gasteiger partial charge in [0.25, 0.3) is 5.91 Å². The van der Waals surface area contributed by atoms with E-state index in [-0.39, 0.29) is 5.91 Å². The van der Waals surface area contributed by atoms with E-state index in [9.17, 15) is 4.79 Å². The molecule has 0 saturated carbocycles. The number of fused-ring (bicyclic) bond motifs is 1. The monoisotopic (exact) mass is 330 g/mol. The second kappa shape index (κ2) is 6.67. The minimum absolute atomic E-state index is 0.127. The summed E-state index contributed by atoms with van der Waals surface area (Å²) >= 11 is 0. The maximum Gasteiger partial charge on any atom is 0.254 e. The van der Waals surface area contributed by atoms with Gasteiger partial charge in [0, 0.05) is 24.0 Å². The number of rotatable bonds is 2. The lowest BCUT2D eigenvalue weighted by molar-refractivity contribution is 0.0685. The number of pyridine rings is 1. The van der Waals surface area contributed by atoms with Crippen LogP contribution in [0.1, 0.15) is 30.1 Å². The van der Waals surface area contributed by atoms with Gasteiger partial charge >= 0.3 is 0 Å². The van der Waals surface area contributed by atoms with E-state index in [1.807, 2.05) is 65.6 Å². The Hall–Kier alpha value is -2.68. The minimum Gasteiger partial charge on any atom is -0.338 e. The summed E-state index contributed by atoms with van der Waals surface area (Å²) in [6.45, 7) is 3.91. The summed E-state index contributed by atoms with van der Waals surface area (Å²) in [5.74, 6) is 0.696. The Bertz CT molecular complexity index is 904. The van der Waals surface area contributed by atoms with Crippen LogP contribution in [0.5, 0.6) is 0 Å². The molecule has 1 fully saturated rings. The summed E-state index contributed by atoms with van der Waals surface area (Å²) in [6.07, 6.45) is 2.29. The number of aromatic nitrogens is 1. The number of carbonyl (C=O) groups is 1. The van der Waals surface area contributed by atoms with E-state index in [4.69, 9.17) is 4.98 Å². The molecule has 3 nitrogen and oxygen atoms in total. The fourth-order valence-electron chi connectivity index (χ4n) is 3.65. The molecular weight excluding hydrogens is 308 g/mol. The Labute approximate surface area is 148 Å². The van der Waals surface area contributed by atoms with Gasteiger partial charge in [-0.25, -0.2) is 4.98 Å². The molecular formula is C22H22N2O. The number of hydrogen-bond acceptors (Lipinski definition) is 2. The molecule has 1 aliphatic heterocycles. The van der Waals surface area contributed by atoms with E-state index in [0.717, 1.165) is 47.2 Å². The van der Waals surface area contributed by atoms with E-state index in [2.05, 4.69) is 6.92 Å². The van der Waals surface area contributed by atoms with Gasteiger partial charge in [-0.3, -0.25) is 4.79 Å². The van der Waals surface area contributed by atoms with Crippen molar-refractivity contribution in [1.82, 2.24) is 9.88 Å². The maximum absolute atomic E-state index is 13.2. The SMILES string of the molecule is C[C@@H]1CCCN(C(=O)c2cc(-c3ccccc3)nc3ccccc23)C1. The summed E-state index contributed by atoms with van der Waals surface area (Å²) in [6, 6.07) is 20.0. The first-order valence-electron chi connectivity index (χ1n) is 8.97. The quantitative estimate of drug-likeness (QED) is 0.678. The van der Waals surface area contributed by atoms with Crippen molar-refractivity contribution >= 4 is 16.8 Å². The molecule has 0 radical (unpaired) electrons. The lowest BCUT2D eigenvalue weighted by atomic mass is 9.98. The fourth-order valence-corrected chi connectivity index (χ4v) is 3.65. The molecule has 1 aliphatic rings. The average molecular weight is 330 g/mol. The zero-order valence-electron chi connectivity index (χ0n) is 14.5. The van der Waals surface area contributed by atoms with Gasteiger partial charge in [0.1, 0.15) is 0 Å². The maximum atomic E-state index is 13.2. The predicted octanol–water partition coefficient (Wildman–Crippen LogP) is 4.77. The standard InChI is InChI=1S/C22H22N2O/c1-16-8-7-13-24(15-16)22(25)19-14-21(17-9-3-2-4-10-17)23-20-12-6-5-11-18(19)20/h2-6,9-12,14,16H,7-8,13,15H2,1H3/t16-/m1/s1. The lowest BCUT2D eigenvalue weighted by Gasteiger charge is -2.31. The molecule has 4 rings (SSSR count). The molecule has 0 bridgehead atoms. The highest BCUT2D eigenvalue weighted by Crippen LogP contribution is 2.27. The van der Waals surface area contributed by atoms with E-state index in [0.29, 0.717) is 5.92 Å². The molecule has 1 atom stereocenters. The molecule has 126 valence electrons.